The second-order valence-electron chi connectivity index (χ2n) is 2.83. The van der Waals surface area contributed by atoms with Crippen LogP contribution in [-0.4, -0.2) is 11.4 Å². The van der Waals surface area contributed by atoms with Gasteiger partial charge in [0.15, 0.2) is 12.0 Å². The number of hydrogen-bond donors (Lipinski definition) is 1. The summed E-state index contributed by atoms with van der Waals surface area (Å²) in [5.74, 6) is -0.0307. The Morgan fingerprint density at radius 3 is 2.79 bits per heavy atom. The quantitative estimate of drug-likeness (QED) is 0.688. The van der Waals surface area contributed by atoms with Crippen LogP contribution in [0, 0.1) is 0 Å². The molecule has 0 fully saturated rings. The van der Waals surface area contributed by atoms with E-state index in [9.17, 15) is 9.59 Å². The summed E-state index contributed by atoms with van der Waals surface area (Å²) in [5.41, 5.74) is -0.625. The molecule has 0 atom stereocenters. The molecular weight excluding hydrogens is 184 g/mol. The summed E-state index contributed by atoms with van der Waals surface area (Å²) in [7, 11) is 0. The van der Waals surface area contributed by atoms with Crippen LogP contribution in [0.2, 0.25) is 0 Å². The zero-order chi connectivity index (χ0) is 10.1. The molecule has 0 saturated heterocycles. The molecule has 0 saturated carbocycles. The van der Waals surface area contributed by atoms with Gasteiger partial charge >= 0.3 is 5.63 Å². The highest BCUT2D eigenvalue weighted by atomic mass is 16.4. The lowest BCUT2D eigenvalue weighted by Crippen LogP contribution is -2.01. The lowest BCUT2D eigenvalue weighted by Gasteiger charge is -1.97. The molecule has 0 amide bonds. The van der Waals surface area contributed by atoms with Crippen molar-refractivity contribution in [3.8, 4) is 5.75 Å². The highest BCUT2D eigenvalue weighted by Gasteiger charge is 2.04. The first kappa shape index (κ1) is 8.50. The van der Waals surface area contributed by atoms with Gasteiger partial charge in [0.25, 0.3) is 0 Å². The first-order valence-corrected chi connectivity index (χ1v) is 3.93. The van der Waals surface area contributed by atoms with Gasteiger partial charge in [0, 0.05) is 0 Å². The predicted octanol–water partition coefficient (Wildman–Crippen LogP) is 1.31. The molecule has 0 bridgehead atoms. The van der Waals surface area contributed by atoms with Crippen LogP contribution in [0.1, 0.15) is 10.6 Å². The smallest absolute Gasteiger partial charge is 0.344 e. The molecule has 1 heterocycles. The van der Waals surface area contributed by atoms with Gasteiger partial charge in [-0.3, -0.25) is 4.79 Å². The lowest BCUT2D eigenvalue weighted by molar-refractivity contribution is 0.109. The van der Waals surface area contributed by atoms with Crippen molar-refractivity contribution in [2.24, 2.45) is 0 Å². The van der Waals surface area contributed by atoms with E-state index in [2.05, 4.69) is 4.42 Å². The standard InChI is InChI=1S/C10H6O4/c11-5-8-3-6-1-2-7(12)4-9(6)10(13)14-8/h1-5,12H. The number of rotatable bonds is 1. The summed E-state index contributed by atoms with van der Waals surface area (Å²) in [5, 5.41) is 9.96. The fourth-order valence-corrected chi connectivity index (χ4v) is 1.25. The van der Waals surface area contributed by atoms with Crippen molar-refractivity contribution in [1.29, 1.82) is 0 Å². The van der Waals surface area contributed by atoms with Crippen molar-refractivity contribution in [2.75, 3.05) is 0 Å². The molecule has 2 aromatic rings. The van der Waals surface area contributed by atoms with Gasteiger partial charge in [-0.25, -0.2) is 4.79 Å². The van der Waals surface area contributed by atoms with Crippen molar-refractivity contribution in [2.45, 2.75) is 0 Å². The number of aldehydes is 1. The molecule has 0 radical (unpaired) electrons. The van der Waals surface area contributed by atoms with Gasteiger partial charge in [0.2, 0.25) is 0 Å². The molecule has 0 spiro atoms. The summed E-state index contributed by atoms with van der Waals surface area (Å²) >= 11 is 0. The highest BCUT2D eigenvalue weighted by molar-refractivity contribution is 5.86. The Bertz CT molecular complexity index is 554. The van der Waals surface area contributed by atoms with Crippen LogP contribution in [0.4, 0.5) is 0 Å². The van der Waals surface area contributed by atoms with E-state index in [-0.39, 0.29) is 16.9 Å². The monoisotopic (exact) mass is 190 g/mol. The van der Waals surface area contributed by atoms with Crippen molar-refractivity contribution in [1.82, 2.24) is 0 Å². The second-order valence-corrected chi connectivity index (χ2v) is 2.83. The van der Waals surface area contributed by atoms with Gasteiger partial charge in [0.1, 0.15) is 5.75 Å². The third-order valence-electron chi connectivity index (χ3n) is 1.88. The molecule has 14 heavy (non-hydrogen) atoms. The molecule has 1 aromatic carbocycles. The topological polar surface area (TPSA) is 67.5 Å². The maximum absolute atomic E-state index is 11.3. The van der Waals surface area contributed by atoms with Crippen molar-refractivity contribution in [3.05, 3.63) is 40.4 Å². The molecule has 4 heteroatoms. The van der Waals surface area contributed by atoms with Crippen LogP contribution in [0.3, 0.4) is 0 Å². The van der Waals surface area contributed by atoms with E-state index >= 15 is 0 Å². The number of phenols is 1. The molecule has 70 valence electrons. The van der Waals surface area contributed by atoms with Crippen molar-refractivity contribution < 1.29 is 14.3 Å². The minimum Gasteiger partial charge on any atom is -0.508 e. The Labute approximate surface area is 78.4 Å². The van der Waals surface area contributed by atoms with E-state index in [0.29, 0.717) is 11.7 Å². The summed E-state index contributed by atoms with van der Waals surface area (Å²) < 4.78 is 4.66. The van der Waals surface area contributed by atoms with Gasteiger partial charge in [-0.05, 0) is 23.6 Å². The van der Waals surface area contributed by atoms with Gasteiger partial charge in [-0.2, -0.15) is 0 Å². The molecular formula is C10H6O4. The van der Waals surface area contributed by atoms with Crippen LogP contribution in [-0.2, 0) is 0 Å². The summed E-state index contributed by atoms with van der Waals surface area (Å²) in [6.45, 7) is 0. The number of hydrogen-bond acceptors (Lipinski definition) is 4. The molecule has 1 aromatic heterocycles. The Balaban J connectivity index is 2.90. The van der Waals surface area contributed by atoms with Crippen LogP contribution in [0.5, 0.6) is 5.75 Å². The van der Waals surface area contributed by atoms with Crippen LogP contribution in [0.15, 0.2) is 33.5 Å². The fraction of sp³-hybridized carbons (Fsp3) is 0. The summed E-state index contributed by atoms with van der Waals surface area (Å²) in [6, 6.07) is 5.74. The molecule has 0 aliphatic rings. The normalized spacial score (nSPS) is 10.3. The summed E-state index contributed by atoms with van der Waals surface area (Å²) in [6.07, 6.45) is 0.466. The highest BCUT2D eigenvalue weighted by Crippen LogP contribution is 2.17. The average Bonchev–Trinajstić information content (AvgIpc) is 2.19. The number of benzene rings is 1. The minimum absolute atomic E-state index is 0.0105. The van der Waals surface area contributed by atoms with Crippen LogP contribution < -0.4 is 5.63 Å². The molecule has 0 unspecified atom stereocenters. The lowest BCUT2D eigenvalue weighted by atomic mass is 10.1. The number of carbonyl (C=O) groups is 1. The third-order valence-corrected chi connectivity index (χ3v) is 1.88. The maximum atomic E-state index is 11.3. The largest absolute Gasteiger partial charge is 0.508 e. The summed E-state index contributed by atoms with van der Waals surface area (Å²) in [4.78, 5) is 21.7. The molecule has 0 aliphatic heterocycles. The Hall–Kier alpha value is -2.10. The predicted molar refractivity (Wildman–Crippen MR) is 49.5 cm³/mol. The molecule has 1 N–H and O–H groups in total. The van der Waals surface area contributed by atoms with E-state index in [0.717, 1.165) is 0 Å². The van der Waals surface area contributed by atoms with Crippen molar-refractivity contribution >= 4 is 17.1 Å². The van der Waals surface area contributed by atoms with Gasteiger partial charge in [-0.15, -0.1) is 0 Å². The zero-order valence-corrected chi connectivity index (χ0v) is 7.06. The number of phenolic OH excluding ortho intramolecular Hbond substituents is 1. The average molecular weight is 190 g/mol. The minimum atomic E-state index is -0.625. The number of carbonyl (C=O) groups excluding carboxylic acids is 1. The van der Waals surface area contributed by atoms with Gasteiger partial charge in [-0.1, -0.05) is 6.07 Å². The van der Waals surface area contributed by atoms with E-state index in [1.807, 2.05) is 0 Å². The second kappa shape index (κ2) is 2.99. The van der Waals surface area contributed by atoms with E-state index in [1.165, 1.54) is 18.2 Å². The Morgan fingerprint density at radius 2 is 2.07 bits per heavy atom. The SMILES string of the molecule is O=Cc1cc2ccc(O)cc2c(=O)o1. The van der Waals surface area contributed by atoms with Crippen LogP contribution in [0.25, 0.3) is 10.8 Å². The van der Waals surface area contributed by atoms with E-state index < -0.39 is 5.63 Å². The first-order valence-electron chi connectivity index (χ1n) is 3.93. The van der Waals surface area contributed by atoms with E-state index in [4.69, 9.17) is 5.11 Å². The van der Waals surface area contributed by atoms with Gasteiger partial charge in [0.05, 0.1) is 5.39 Å². The number of aromatic hydroxyl groups is 1. The molecule has 4 nitrogen and oxygen atoms in total. The first-order chi connectivity index (χ1) is 6.70. The number of fused-ring (bicyclic) bond motifs is 1. The third kappa shape index (κ3) is 1.26. The van der Waals surface area contributed by atoms with E-state index in [1.54, 1.807) is 6.07 Å². The van der Waals surface area contributed by atoms with Crippen LogP contribution >= 0.6 is 0 Å². The maximum Gasteiger partial charge on any atom is 0.344 e. The molecule has 0 aliphatic carbocycles. The Morgan fingerprint density at radius 1 is 1.29 bits per heavy atom. The molecule has 2 rings (SSSR count). The fourth-order valence-electron chi connectivity index (χ4n) is 1.25. The van der Waals surface area contributed by atoms with Crippen molar-refractivity contribution in [3.63, 3.8) is 0 Å². The Kier molecular flexibility index (Phi) is 1.81. The van der Waals surface area contributed by atoms with Gasteiger partial charge < -0.3 is 9.52 Å². The zero-order valence-electron chi connectivity index (χ0n) is 7.06.